The largest absolute Gasteiger partial charge is 0.444 e. The van der Waals surface area contributed by atoms with E-state index in [0.717, 1.165) is 48.8 Å². The fraction of sp³-hybridized carbons (Fsp3) is 0.750. The van der Waals surface area contributed by atoms with E-state index in [9.17, 15) is 4.79 Å². The smallest absolute Gasteiger partial charge is 0.410 e. The minimum Gasteiger partial charge on any atom is -0.444 e. The lowest BCUT2D eigenvalue weighted by molar-refractivity contribution is 0.00545. The van der Waals surface area contributed by atoms with Gasteiger partial charge in [0, 0.05) is 30.6 Å². The Morgan fingerprint density at radius 2 is 2.04 bits per heavy atom. The fourth-order valence-corrected chi connectivity index (χ4v) is 4.81. The van der Waals surface area contributed by atoms with E-state index in [2.05, 4.69) is 32.9 Å². The third kappa shape index (κ3) is 5.16. The first-order valence-electron chi connectivity index (χ1n) is 10.2. The first-order chi connectivity index (χ1) is 13.3. The minimum absolute atomic E-state index is 0.170. The summed E-state index contributed by atoms with van der Waals surface area (Å²) in [5.74, 6) is 0.793. The minimum atomic E-state index is -0.453. The number of carbonyl (C=O) groups is 1. The van der Waals surface area contributed by atoms with Crippen LogP contribution in [0.25, 0.3) is 0 Å². The number of piperidine rings is 1. The van der Waals surface area contributed by atoms with Crippen molar-refractivity contribution in [1.29, 1.82) is 0 Å². The Balaban J connectivity index is 1.52. The first kappa shape index (κ1) is 20.9. The van der Waals surface area contributed by atoms with Crippen LogP contribution < -0.4 is 10.6 Å². The van der Waals surface area contributed by atoms with Crippen molar-refractivity contribution >= 4 is 23.4 Å². The quantitative estimate of drug-likeness (QED) is 0.591. The Morgan fingerprint density at radius 3 is 2.57 bits per heavy atom. The average molecular weight is 408 g/mol. The Hall–Kier alpha value is -1.83. The number of guanidine groups is 1. The molecule has 2 saturated heterocycles. The second-order valence-corrected chi connectivity index (χ2v) is 9.54. The lowest BCUT2D eigenvalue weighted by Gasteiger charge is -2.40. The Kier molecular flexibility index (Phi) is 6.47. The van der Waals surface area contributed by atoms with Crippen LogP contribution in [0.1, 0.15) is 64.1 Å². The number of aryl methyl sites for hydroxylation is 1. The molecule has 2 unspecified atom stereocenters. The van der Waals surface area contributed by atoms with Crippen molar-refractivity contribution in [2.45, 2.75) is 90.1 Å². The van der Waals surface area contributed by atoms with Crippen LogP contribution in [0.5, 0.6) is 0 Å². The second-order valence-electron chi connectivity index (χ2n) is 8.60. The van der Waals surface area contributed by atoms with Crippen LogP contribution in [0.15, 0.2) is 10.4 Å². The molecule has 2 atom stereocenters. The van der Waals surface area contributed by atoms with Crippen molar-refractivity contribution in [2.24, 2.45) is 4.99 Å². The summed E-state index contributed by atoms with van der Waals surface area (Å²) in [4.78, 5) is 23.5. The van der Waals surface area contributed by atoms with E-state index in [1.54, 1.807) is 18.4 Å². The predicted molar refractivity (Wildman–Crippen MR) is 113 cm³/mol. The topological polar surface area (TPSA) is 78.9 Å². The molecule has 3 rings (SSSR count). The van der Waals surface area contributed by atoms with Gasteiger partial charge in [-0.3, -0.25) is 4.99 Å². The lowest BCUT2D eigenvalue weighted by atomic mass is 9.98. The van der Waals surface area contributed by atoms with Crippen molar-refractivity contribution in [3.8, 4) is 0 Å². The number of nitrogens with zero attached hydrogens (tertiary/aromatic N) is 3. The van der Waals surface area contributed by atoms with Gasteiger partial charge >= 0.3 is 6.09 Å². The van der Waals surface area contributed by atoms with Crippen molar-refractivity contribution in [3.63, 3.8) is 0 Å². The number of aliphatic imine (C=N–C) groups is 1. The second kappa shape index (κ2) is 8.68. The Bertz CT molecular complexity index is 698. The molecule has 8 heteroatoms. The number of hydrogen-bond donors (Lipinski definition) is 2. The maximum absolute atomic E-state index is 12.6. The van der Waals surface area contributed by atoms with E-state index in [0.29, 0.717) is 12.6 Å². The van der Waals surface area contributed by atoms with Crippen molar-refractivity contribution in [2.75, 3.05) is 7.05 Å². The van der Waals surface area contributed by atoms with Crippen LogP contribution in [0.4, 0.5) is 4.79 Å². The highest BCUT2D eigenvalue weighted by Gasteiger charge is 2.45. The summed E-state index contributed by atoms with van der Waals surface area (Å²) in [7, 11) is 1.79. The SMILES string of the molecule is CCc1nc(CNC(=NC)NC2CC3CCC(C2)N3C(=O)OC(C)(C)C)cs1. The zero-order valence-corrected chi connectivity index (χ0v) is 18.4. The fourth-order valence-electron chi connectivity index (χ4n) is 4.06. The highest BCUT2D eigenvalue weighted by atomic mass is 32.1. The molecule has 0 spiro atoms. The number of carbonyl (C=O) groups excluding carboxylic acids is 1. The predicted octanol–water partition coefficient (Wildman–Crippen LogP) is 3.30. The van der Waals surface area contributed by atoms with Crippen LogP contribution in [0.3, 0.4) is 0 Å². The van der Waals surface area contributed by atoms with Gasteiger partial charge < -0.3 is 20.3 Å². The molecule has 2 N–H and O–H groups in total. The van der Waals surface area contributed by atoms with Gasteiger partial charge in [0.1, 0.15) is 5.60 Å². The van der Waals surface area contributed by atoms with Gasteiger partial charge in [0.2, 0.25) is 0 Å². The molecule has 1 aromatic rings. The van der Waals surface area contributed by atoms with Gasteiger partial charge in [-0.2, -0.15) is 0 Å². The summed E-state index contributed by atoms with van der Waals surface area (Å²) in [6.07, 6.45) is 4.74. The molecule has 2 aliphatic heterocycles. The molecule has 0 radical (unpaired) electrons. The van der Waals surface area contributed by atoms with Gasteiger partial charge in [-0.25, -0.2) is 9.78 Å². The molecule has 2 fully saturated rings. The number of ether oxygens (including phenoxy) is 1. The number of rotatable bonds is 4. The van der Waals surface area contributed by atoms with Gasteiger partial charge in [0.15, 0.2) is 5.96 Å². The van der Waals surface area contributed by atoms with E-state index in [-0.39, 0.29) is 18.2 Å². The molecule has 2 bridgehead atoms. The molecule has 156 valence electrons. The summed E-state index contributed by atoms with van der Waals surface area (Å²) in [6, 6.07) is 0.800. The molecule has 2 aliphatic rings. The van der Waals surface area contributed by atoms with Crippen LogP contribution >= 0.6 is 11.3 Å². The van der Waals surface area contributed by atoms with Crippen LogP contribution in [-0.2, 0) is 17.7 Å². The van der Waals surface area contributed by atoms with Crippen LogP contribution in [0.2, 0.25) is 0 Å². The Labute approximate surface area is 172 Å². The summed E-state index contributed by atoms with van der Waals surface area (Å²) < 4.78 is 5.62. The summed E-state index contributed by atoms with van der Waals surface area (Å²) in [6.45, 7) is 8.54. The molecule has 1 aromatic heterocycles. The highest BCUT2D eigenvalue weighted by molar-refractivity contribution is 7.09. The molecular weight excluding hydrogens is 374 g/mol. The van der Waals surface area contributed by atoms with E-state index in [4.69, 9.17) is 4.74 Å². The zero-order valence-electron chi connectivity index (χ0n) is 17.6. The lowest BCUT2D eigenvalue weighted by Crippen LogP contribution is -2.54. The third-order valence-electron chi connectivity index (χ3n) is 5.24. The maximum Gasteiger partial charge on any atom is 0.410 e. The normalized spacial score (nSPS) is 25.0. The zero-order chi connectivity index (χ0) is 20.3. The molecule has 0 aliphatic carbocycles. The number of aromatic nitrogens is 1. The van der Waals surface area contributed by atoms with E-state index in [1.807, 2.05) is 25.7 Å². The molecule has 0 saturated carbocycles. The summed E-state index contributed by atoms with van der Waals surface area (Å²) in [5.41, 5.74) is 0.592. The molecule has 0 aromatic carbocycles. The number of nitrogens with one attached hydrogen (secondary N) is 2. The van der Waals surface area contributed by atoms with E-state index < -0.39 is 5.60 Å². The van der Waals surface area contributed by atoms with Crippen molar-refractivity contribution in [3.05, 3.63) is 16.1 Å². The van der Waals surface area contributed by atoms with Crippen molar-refractivity contribution < 1.29 is 9.53 Å². The van der Waals surface area contributed by atoms with Crippen molar-refractivity contribution in [1.82, 2.24) is 20.5 Å². The number of thiazole rings is 1. The van der Waals surface area contributed by atoms with E-state index >= 15 is 0 Å². The standard InChI is InChI=1S/C20H33N5O2S/c1-6-17-23-14(12-28-17)11-22-18(21-5)24-13-9-15-7-8-16(10-13)25(15)19(26)27-20(2,3)4/h12-13,15-16H,6-11H2,1-5H3,(H2,21,22,24). The first-order valence-corrected chi connectivity index (χ1v) is 11.1. The molecule has 7 nitrogen and oxygen atoms in total. The van der Waals surface area contributed by atoms with Crippen LogP contribution in [0, 0.1) is 0 Å². The monoisotopic (exact) mass is 407 g/mol. The van der Waals surface area contributed by atoms with Gasteiger partial charge in [-0.15, -0.1) is 11.3 Å². The van der Waals surface area contributed by atoms with Gasteiger partial charge in [-0.1, -0.05) is 6.92 Å². The highest BCUT2D eigenvalue weighted by Crippen LogP contribution is 2.36. The molecule has 3 heterocycles. The molecule has 28 heavy (non-hydrogen) atoms. The maximum atomic E-state index is 12.6. The molecule has 1 amide bonds. The van der Waals surface area contributed by atoms with Gasteiger partial charge in [-0.05, 0) is 52.9 Å². The summed E-state index contributed by atoms with van der Waals surface area (Å²) >= 11 is 1.70. The van der Waals surface area contributed by atoms with E-state index in [1.165, 1.54) is 0 Å². The Morgan fingerprint density at radius 1 is 1.36 bits per heavy atom. The third-order valence-corrected chi connectivity index (χ3v) is 6.28. The van der Waals surface area contributed by atoms with Gasteiger partial charge in [0.25, 0.3) is 0 Å². The average Bonchev–Trinajstić information content (AvgIpc) is 3.19. The number of amides is 1. The number of hydrogen-bond acceptors (Lipinski definition) is 5. The molecular formula is C20H33N5O2S. The van der Waals surface area contributed by atoms with Gasteiger partial charge in [0.05, 0.1) is 17.2 Å². The summed E-state index contributed by atoms with van der Waals surface area (Å²) in [5, 5.41) is 10.2. The van der Waals surface area contributed by atoms with Crippen LogP contribution in [-0.4, -0.2) is 52.7 Å². The number of fused-ring (bicyclic) bond motifs is 2.